The molecule has 0 radical (unpaired) electrons. The Morgan fingerprint density at radius 2 is 2.12 bits per heavy atom. The van der Waals surface area contributed by atoms with Gasteiger partial charge in [-0.3, -0.25) is 0 Å². The number of likely N-dealkylation sites (N-methyl/N-ethyl adjacent to an activating group) is 1. The van der Waals surface area contributed by atoms with E-state index in [2.05, 4.69) is 46.0 Å². The van der Waals surface area contributed by atoms with Gasteiger partial charge in [0.25, 0.3) is 10.2 Å². The normalized spacial score (nSPS) is 27.6. The molecule has 1 saturated heterocycles. The lowest BCUT2D eigenvalue weighted by molar-refractivity contribution is 0.135. The number of benzene rings is 1. The molecule has 1 fully saturated rings. The van der Waals surface area contributed by atoms with E-state index in [0.29, 0.717) is 12.0 Å². The smallest absolute Gasteiger partial charge is 0.279 e. The second-order valence-electron chi connectivity index (χ2n) is 7.24. The third kappa shape index (κ3) is 2.47. The molecule has 1 aromatic heterocycles. The largest absolute Gasteiger partial charge is 0.361 e. The number of rotatable bonds is 3. The third-order valence-electron chi connectivity index (χ3n) is 5.52. The van der Waals surface area contributed by atoms with Gasteiger partial charge in [-0.2, -0.15) is 17.4 Å². The second kappa shape index (κ2) is 5.56. The molecule has 0 amide bonds. The van der Waals surface area contributed by atoms with Crippen molar-refractivity contribution in [3.05, 3.63) is 35.5 Å². The molecule has 2 N–H and O–H groups in total. The fraction of sp³-hybridized carbons (Fsp3) is 0.529. The molecule has 2 heterocycles. The number of aromatic nitrogens is 1. The predicted molar refractivity (Wildman–Crippen MR) is 95.3 cm³/mol. The number of piperidine rings is 1. The minimum absolute atomic E-state index is 0.0700. The van der Waals surface area contributed by atoms with Gasteiger partial charge >= 0.3 is 0 Å². The zero-order valence-corrected chi connectivity index (χ0v) is 15.1. The molecule has 3 atom stereocenters. The monoisotopic (exact) mass is 348 g/mol. The van der Waals surface area contributed by atoms with Crippen LogP contribution in [0, 0.1) is 0 Å². The van der Waals surface area contributed by atoms with Gasteiger partial charge in [0.2, 0.25) is 0 Å². The Labute approximate surface area is 143 Å². The van der Waals surface area contributed by atoms with Crippen LogP contribution in [0.25, 0.3) is 10.9 Å². The summed E-state index contributed by atoms with van der Waals surface area (Å²) in [5, 5.41) is 1.34. The van der Waals surface area contributed by atoms with E-state index < -0.39 is 10.2 Å². The van der Waals surface area contributed by atoms with Crippen molar-refractivity contribution in [2.75, 3.05) is 27.7 Å². The Morgan fingerprint density at radius 1 is 1.33 bits per heavy atom. The van der Waals surface area contributed by atoms with Crippen molar-refractivity contribution in [2.24, 2.45) is 0 Å². The van der Waals surface area contributed by atoms with Crippen LogP contribution in [0.4, 0.5) is 0 Å². The lowest BCUT2D eigenvalue weighted by atomic mass is 9.74. The molecule has 130 valence electrons. The maximum Gasteiger partial charge on any atom is 0.279 e. The summed E-state index contributed by atoms with van der Waals surface area (Å²) >= 11 is 0. The molecule has 2 aliphatic rings. The topological polar surface area (TPSA) is 68.4 Å². The summed E-state index contributed by atoms with van der Waals surface area (Å²) < 4.78 is 28.5. The molecule has 2 aromatic rings. The molecule has 24 heavy (non-hydrogen) atoms. The minimum Gasteiger partial charge on any atom is -0.361 e. The van der Waals surface area contributed by atoms with Gasteiger partial charge < -0.3 is 9.88 Å². The van der Waals surface area contributed by atoms with Crippen molar-refractivity contribution in [3.8, 4) is 0 Å². The number of hydrogen-bond acceptors (Lipinski definition) is 3. The summed E-state index contributed by atoms with van der Waals surface area (Å²) in [5.41, 5.74) is 3.90. The van der Waals surface area contributed by atoms with E-state index in [1.165, 1.54) is 26.3 Å². The van der Waals surface area contributed by atoms with Gasteiger partial charge in [-0.1, -0.05) is 12.1 Å². The number of aromatic amines is 1. The van der Waals surface area contributed by atoms with E-state index in [1.807, 2.05) is 0 Å². The molecule has 1 aromatic carbocycles. The average Bonchev–Trinajstić information content (AvgIpc) is 2.93. The van der Waals surface area contributed by atoms with E-state index in [-0.39, 0.29) is 6.04 Å². The summed E-state index contributed by atoms with van der Waals surface area (Å²) in [6.07, 6.45) is 3.98. The number of likely N-dealkylation sites (tertiary alicyclic amines) is 1. The van der Waals surface area contributed by atoms with Crippen molar-refractivity contribution < 1.29 is 8.42 Å². The van der Waals surface area contributed by atoms with Crippen molar-refractivity contribution in [1.82, 2.24) is 18.9 Å². The predicted octanol–water partition coefficient (Wildman–Crippen LogP) is 1.28. The zero-order valence-electron chi connectivity index (χ0n) is 14.3. The standard InChI is InChI=1S/C17H24N4O2S/c1-20(2)24(22,23)19-12-8-14-13-5-4-6-15-17(13)11(9-18-15)7-16(14)21(3)10-12/h4-6,9,12,14,16,18-19H,7-8,10H2,1-3H3/t12-,14-,16-/m1/s1. The number of hydrogen-bond donors (Lipinski definition) is 2. The summed E-state index contributed by atoms with van der Waals surface area (Å²) in [5.74, 6) is 0.352. The van der Waals surface area contributed by atoms with Crippen LogP contribution in [0.1, 0.15) is 23.5 Å². The second-order valence-corrected chi connectivity index (χ2v) is 9.16. The van der Waals surface area contributed by atoms with Crippen LogP contribution in [-0.2, 0) is 16.6 Å². The summed E-state index contributed by atoms with van der Waals surface area (Å²) in [7, 11) is 1.81. The molecule has 7 heteroatoms. The van der Waals surface area contributed by atoms with Gasteiger partial charge in [-0.05, 0) is 37.1 Å². The molecular formula is C17H24N4O2S. The maximum absolute atomic E-state index is 12.2. The zero-order chi connectivity index (χ0) is 17.1. The number of H-pyrrole nitrogens is 1. The molecular weight excluding hydrogens is 324 g/mol. The minimum atomic E-state index is -3.41. The molecule has 6 nitrogen and oxygen atoms in total. The average molecular weight is 348 g/mol. The first-order valence-corrected chi connectivity index (χ1v) is 9.79. The van der Waals surface area contributed by atoms with Crippen molar-refractivity contribution >= 4 is 21.1 Å². The van der Waals surface area contributed by atoms with Crippen molar-refractivity contribution in [1.29, 1.82) is 0 Å². The molecule has 1 aliphatic carbocycles. The lowest BCUT2D eigenvalue weighted by Crippen LogP contribution is -2.56. The number of fused-ring (bicyclic) bond motifs is 2. The molecule has 0 bridgehead atoms. The Kier molecular flexibility index (Phi) is 3.72. The van der Waals surface area contributed by atoms with Gasteiger partial charge in [-0.15, -0.1) is 0 Å². The maximum atomic E-state index is 12.2. The van der Waals surface area contributed by atoms with Gasteiger partial charge in [0.1, 0.15) is 0 Å². The van der Waals surface area contributed by atoms with Crippen LogP contribution in [0.2, 0.25) is 0 Å². The van der Waals surface area contributed by atoms with Crippen molar-refractivity contribution in [2.45, 2.75) is 30.8 Å². The molecule has 1 aliphatic heterocycles. The summed E-state index contributed by atoms with van der Waals surface area (Å²) in [6, 6.07) is 6.76. The van der Waals surface area contributed by atoms with E-state index in [1.54, 1.807) is 14.1 Å². The third-order valence-corrected chi connectivity index (χ3v) is 7.11. The highest BCUT2D eigenvalue weighted by Gasteiger charge is 2.40. The highest BCUT2D eigenvalue weighted by atomic mass is 32.2. The molecule has 4 rings (SSSR count). The highest BCUT2D eigenvalue weighted by Crippen LogP contribution is 2.42. The first kappa shape index (κ1) is 16.1. The van der Waals surface area contributed by atoms with Gasteiger partial charge in [0, 0.05) is 55.7 Å². The van der Waals surface area contributed by atoms with Crippen LogP contribution < -0.4 is 4.72 Å². The van der Waals surface area contributed by atoms with Gasteiger partial charge in [-0.25, -0.2) is 0 Å². The van der Waals surface area contributed by atoms with E-state index in [4.69, 9.17) is 0 Å². The highest BCUT2D eigenvalue weighted by molar-refractivity contribution is 7.87. The Bertz CT molecular complexity index is 874. The summed E-state index contributed by atoms with van der Waals surface area (Å²) in [6.45, 7) is 0.740. The number of nitrogens with zero attached hydrogens (tertiary/aromatic N) is 2. The van der Waals surface area contributed by atoms with Gasteiger partial charge in [0.05, 0.1) is 0 Å². The summed E-state index contributed by atoms with van der Waals surface area (Å²) in [4.78, 5) is 5.68. The molecule has 0 unspecified atom stereocenters. The fourth-order valence-corrected chi connectivity index (χ4v) is 5.15. The SMILES string of the molecule is CN1C[C@H](NS(=O)(=O)N(C)C)C[C@@H]2c3cccc4[nH]cc(c34)C[C@H]21. The number of nitrogens with one attached hydrogen (secondary N) is 2. The quantitative estimate of drug-likeness (QED) is 0.878. The van der Waals surface area contributed by atoms with Crippen LogP contribution in [0.15, 0.2) is 24.4 Å². The van der Waals surface area contributed by atoms with Crippen LogP contribution in [-0.4, -0.2) is 62.4 Å². The van der Waals surface area contributed by atoms with E-state index >= 15 is 0 Å². The Morgan fingerprint density at radius 3 is 2.88 bits per heavy atom. The van der Waals surface area contributed by atoms with Gasteiger partial charge in [0.15, 0.2) is 0 Å². The Hall–Kier alpha value is -1.41. The van der Waals surface area contributed by atoms with Crippen LogP contribution in [0.5, 0.6) is 0 Å². The van der Waals surface area contributed by atoms with Crippen LogP contribution in [0.3, 0.4) is 0 Å². The molecule has 0 spiro atoms. The van der Waals surface area contributed by atoms with E-state index in [9.17, 15) is 8.42 Å². The van der Waals surface area contributed by atoms with Crippen LogP contribution >= 0.6 is 0 Å². The fourth-order valence-electron chi connectivity index (χ4n) is 4.34. The lowest BCUT2D eigenvalue weighted by Gasteiger charge is -2.45. The first-order valence-electron chi connectivity index (χ1n) is 8.35. The van der Waals surface area contributed by atoms with E-state index in [0.717, 1.165) is 19.4 Å². The first-order chi connectivity index (χ1) is 11.4. The Balaban J connectivity index is 1.69. The van der Waals surface area contributed by atoms with Crippen molar-refractivity contribution in [3.63, 3.8) is 0 Å². The molecule has 0 saturated carbocycles.